The third-order valence-corrected chi connectivity index (χ3v) is 2.90. The molecule has 3 heterocycles. The predicted octanol–water partition coefficient (Wildman–Crippen LogP) is 0.619. The van der Waals surface area contributed by atoms with Crippen molar-refractivity contribution in [3.8, 4) is 0 Å². The van der Waals surface area contributed by atoms with Crippen molar-refractivity contribution in [2.24, 2.45) is 0 Å². The van der Waals surface area contributed by atoms with E-state index in [0.29, 0.717) is 24.4 Å². The summed E-state index contributed by atoms with van der Waals surface area (Å²) in [7, 11) is 0. The van der Waals surface area contributed by atoms with Gasteiger partial charge in [-0.1, -0.05) is 0 Å². The lowest BCUT2D eigenvalue weighted by Crippen LogP contribution is -2.22. The lowest BCUT2D eigenvalue weighted by Gasteiger charge is -2.15. The molecule has 98 valence electrons. The number of carbonyl (C=O) groups is 2. The normalized spacial score (nSPS) is 14.1. The Kier molecular flexibility index (Phi) is 2.66. The Bertz CT molecular complexity index is 677. The van der Waals surface area contributed by atoms with Gasteiger partial charge in [0.1, 0.15) is 5.56 Å². The largest absolute Gasteiger partial charge is 0.462 e. The second kappa shape index (κ2) is 4.34. The van der Waals surface area contributed by atoms with Crippen LogP contribution in [0, 0.1) is 0 Å². The third-order valence-electron chi connectivity index (χ3n) is 2.90. The number of ether oxygens (including phenoxy) is 2. The van der Waals surface area contributed by atoms with Crippen LogP contribution in [0.2, 0.25) is 0 Å². The molecule has 0 aromatic carbocycles. The van der Waals surface area contributed by atoms with Gasteiger partial charge in [-0.2, -0.15) is 5.10 Å². The van der Waals surface area contributed by atoms with Gasteiger partial charge in [0.15, 0.2) is 11.3 Å². The molecular formula is C12H11N3O4. The summed E-state index contributed by atoms with van der Waals surface area (Å²) in [6, 6.07) is 0. The lowest BCUT2D eigenvalue weighted by molar-refractivity contribution is 0.0464. The van der Waals surface area contributed by atoms with Crippen LogP contribution in [0.5, 0.6) is 0 Å². The molecule has 0 aliphatic carbocycles. The smallest absolute Gasteiger partial charge is 0.357 e. The van der Waals surface area contributed by atoms with Gasteiger partial charge in [0.05, 0.1) is 19.4 Å². The molecule has 0 atom stereocenters. The molecule has 3 rings (SSSR count). The van der Waals surface area contributed by atoms with E-state index in [1.165, 1.54) is 10.7 Å². The number of carbonyl (C=O) groups excluding carboxylic acids is 2. The molecule has 0 saturated carbocycles. The first kappa shape index (κ1) is 11.6. The molecule has 0 amide bonds. The summed E-state index contributed by atoms with van der Waals surface area (Å²) < 4.78 is 11.2. The van der Waals surface area contributed by atoms with Crippen molar-refractivity contribution in [2.75, 3.05) is 13.2 Å². The molecule has 0 unspecified atom stereocenters. The molecule has 2 aromatic rings. The zero-order valence-corrected chi connectivity index (χ0v) is 10.3. The Balaban J connectivity index is 2.18. The van der Waals surface area contributed by atoms with E-state index in [4.69, 9.17) is 9.47 Å². The number of esters is 2. The zero-order chi connectivity index (χ0) is 13.4. The van der Waals surface area contributed by atoms with Gasteiger partial charge >= 0.3 is 11.9 Å². The first-order valence-electron chi connectivity index (χ1n) is 5.92. The summed E-state index contributed by atoms with van der Waals surface area (Å²) >= 11 is 0. The SMILES string of the molecule is CCOC(=O)c1cnn2c3c(cnc12)CCOC3=O. The van der Waals surface area contributed by atoms with Crippen molar-refractivity contribution in [3.63, 3.8) is 0 Å². The van der Waals surface area contributed by atoms with Gasteiger partial charge < -0.3 is 9.47 Å². The van der Waals surface area contributed by atoms with E-state index in [0.717, 1.165) is 5.56 Å². The molecule has 0 N–H and O–H groups in total. The van der Waals surface area contributed by atoms with Crippen LogP contribution in [0.4, 0.5) is 0 Å². The highest BCUT2D eigenvalue weighted by molar-refractivity contribution is 5.97. The van der Waals surface area contributed by atoms with Gasteiger partial charge in [0.25, 0.3) is 0 Å². The molecule has 0 bridgehead atoms. The average molecular weight is 261 g/mol. The standard InChI is InChI=1S/C12H11N3O4/c1-2-18-11(16)8-6-14-15-9-7(5-13-10(8)15)3-4-19-12(9)17/h5-6H,2-4H2,1H3. The minimum Gasteiger partial charge on any atom is -0.462 e. The Hall–Kier alpha value is -2.44. The van der Waals surface area contributed by atoms with E-state index < -0.39 is 11.9 Å². The molecule has 7 heteroatoms. The number of nitrogens with zero attached hydrogens (tertiary/aromatic N) is 3. The zero-order valence-electron chi connectivity index (χ0n) is 10.3. The maximum Gasteiger partial charge on any atom is 0.357 e. The van der Waals surface area contributed by atoms with Crippen LogP contribution < -0.4 is 0 Å². The molecule has 1 aliphatic rings. The van der Waals surface area contributed by atoms with E-state index >= 15 is 0 Å². The Morgan fingerprint density at radius 1 is 1.53 bits per heavy atom. The maximum absolute atomic E-state index is 11.8. The van der Waals surface area contributed by atoms with Crippen LogP contribution in [-0.2, 0) is 15.9 Å². The second-order valence-electron chi connectivity index (χ2n) is 4.03. The number of hydrogen-bond donors (Lipinski definition) is 0. The summed E-state index contributed by atoms with van der Waals surface area (Å²) in [6.07, 6.45) is 3.52. The first-order valence-corrected chi connectivity index (χ1v) is 5.92. The molecule has 0 fully saturated rings. The maximum atomic E-state index is 11.8. The van der Waals surface area contributed by atoms with Crippen LogP contribution in [0.1, 0.15) is 33.3 Å². The van der Waals surface area contributed by atoms with Gasteiger partial charge in [-0.3, -0.25) is 0 Å². The summed E-state index contributed by atoms with van der Waals surface area (Å²) in [5.41, 5.74) is 1.63. The Labute approximate surface area is 108 Å². The van der Waals surface area contributed by atoms with Crippen molar-refractivity contribution in [2.45, 2.75) is 13.3 Å². The van der Waals surface area contributed by atoms with Crippen molar-refractivity contribution in [1.29, 1.82) is 0 Å². The minimum atomic E-state index is -0.505. The first-order chi connectivity index (χ1) is 9.22. The van der Waals surface area contributed by atoms with E-state index in [2.05, 4.69) is 10.1 Å². The van der Waals surface area contributed by atoms with Crippen LogP contribution in [0.3, 0.4) is 0 Å². The Morgan fingerprint density at radius 2 is 2.37 bits per heavy atom. The van der Waals surface area contributed by atoms with E-state index in [-0.39, 0.29) is 12.2 Å². The van der Waals surface area contributed by atoms with Crippen LogP contribution >= 0.6 is 0 Å². The number of aromatic nitrogens is 3. The monoisotopic (exact) mass is 261 g/mol. The van der Waals surface area contributed by atoms with Gasteiger partial charge in [-0.05, 0) is 6.92 Å². The van der Waals surface area contributed by atoms with Gasteiger partial charge in [-0.15, -0.1) is 0 Å². The molecule has 19 heavy (non-hydrogen) atoms. The third kappa shape index (κ3) is 1.74. The van der Waals surface area contributed by atoms with Gasteiger partial charge in [0, 0.05) is 18.2 Å². The molecule has 2 aromatic heterocycles. The van der Waals surface area contributed by atoms with Crippen molar-refractivity contribution >= 4 is 17.6 Å². The fourth-order valence-corrected chi connectivity index (χ4v) is 2.04. The van der Waals surface area contributed by atoms with E-state index in [1.54, 1.807) is 13.1 Å². The number of cyclic esters (lactones) is 1. The quantitative estimate of drug-likeness (QED) is 0.737. The second-order valence-corrected chi connectivity index (χ2v) is 4.03. The highest BCUT2D eigenvalue weighted by atomic mass is 16.5. The molecular weight excluding hydrogens is 250 g/mol. The summed E-state index contributed by atoms with van der Waals surface area (Å²) in [6.45, 7) is 2.32. The highest BCUT2D eigenvalue weighted by Gasteiger charge is 2.25. The van der Waals surface area contributed by atoms with Crippen molar-refractivity contribution in [3.05, 3.63) is 29.2 Å². The van der Waals surface area contributed by atoms with Crippen molar-refractivity contribution < 1.29 is 19.1 Å². The van der Waals surface area contributed by atoms with Crippen molar-refractivity contribution in [1.82, 2.24) is 14.6 Å². The molecule has 7 nitrogen and oxygen atoms in total. The highest BCUT2D eigenvalue weighted by Crippen LogP contribution is 2.19. The summed E-state index contributed by atoms with van der Waals surface area (Å²) in [5.74, 6) is -0.957. The summed E-state index contributed by atoms with van der Waals surface area (Å²) in [4.78, 5) is 27.7. The number of rotatable bonds is 2. The summed E-state index contributed by atoms with van der Waals surface area (Å²) in [5, 5.41) is 4.04. The number of fused-ring (bicyclic) bond motifs is 3. The topological polar surface area (TPSA) is 82.8 Å². The van der Waals surface area contributed by atoms with E-state index in [1.807, 2.05) is 0 Å². The minimum absolute atomic E-state index is 0.239. The Morgan fingerprint density at radius 3 is 3.16 bits per heavy atom. The fourth-order valence-electron chi connectivity index (χ4n) is 2.04. The molecule has 0 saturated heterocycles. The predicted molar refractivity (Wildman–Crippen MR) is 62.9 cm³/mol. The molecule has 0 radical (unpaired) electrons. The van der Waals surface area contributed by atoms with E-state index in [9.17, 15) is 9.59 Å². The molecule has 1 aliphatic heterocycles. The lowest BCUT2D eigenvalue weighted by atomic mass is 10.1. The fraction of sp³-hybridized carbons (Fsp3) is 0.333. The molecule has 0 spiro atoms. The number of hydrogen-bond acceptors (Lipinski definition) is 6. The van der Waals surface area contributed by atoms with Gasteiger partial charge in [0.2, 0.25) is 0 Å². The van der Waals surface area contributed by atoms with Crippen LogP contribution in [0.25, 0.3) is 5.65 Å². The van der Waals surface area contributed by atoms with Crippen LogP contribution in [0.15, 0.2) is 12.4 Å². The average Bonchev–Trinajstić information content (AvgIpc) is 2.83. The van der Waals surface area contributed by atoms with Crippen LogP contribution in [-0.4, -0.2) is 39.8 Å². The van der Waals surface area contributed by atoms with Gasteiger partial charge in [-0.25, -0.2) is 19.1 Å².